The van der Waals surface area contributed by atoms with Gasteiger partial charge in [-0.2, -0.15) is 5.11 Å². The van der Waals surface area contributed by atoms with E-state index in [1.54, 1.807) is 0 Å². The van der Waals surface area contributed by atoms with E-state index in [1.165, 1.54) is 11.9 Å². The van der Waals surface area contributed by atoms with E-state index in [0.717, 1.165) is 5.75 Å². The molecule has 0 aromatic rings. The molecule has 0 aromatic carbocycles. The Kier molecular flexibility index (Phi) is 0.884. The largest absolute Gasteiger partial charge is 0.169 e. The van der Waals surface area contributed by atoms with Crippen LogP contribution in [0, 0.1) is 6.54 Å². The molecular formula is C2H2N2S. The molecule has 0 amide bonds. The number of hydrogen-bond donors (Lipinski definition) is 0. The van der Waals surface area contributed by atoms with Crippen molar-refractivity contribution in [1.82, 2.24) is 0 Å². The minimum atomic E-state index is 0.833. The first kappa shape index (κ1) is 3.15. The molecule has 2 nitrogen and oxygen atoms in total. The molecular weight excluding hydrogens is 84.1 g/mol. The van der Waals surface area contributed by atoms with Crippen LogP contribution in [0.4, 0.5) is 0 Å². The summed E-state index contributed by atoms with van der Waals surface area (Å²) >= 11 is 1.42. The summed E-state index contributed by atoms with van der Waals surface area (Å²) in [5.41, 5.74) is 0. The van der Waals surface area contributed by atoms with Gasteiger partial charge in [-0.1, -0.05) is 0 Å². The van der Waals surface area contributed by atoms with Gasteiger partial charge < -0.3 is 0 Å². The lowest BCUT2D eigenvalue weighted by molar-refractivity contribution is 1.25. The first-order chi connectivity index (χ1) is 2.50. The van der Waals surface area contributed by atoms with E-state index in [2.05, 4.69) is 16.2 Å². The highest BCUT2D eigenvalue weighted by Gasteiger charge is 1.91. The Morgan fingerprint density at radius 3 is 3.00 bits per heavy atom. The first-order valence-electron chi connectivity index (χ1n) is 1.25. The molecule has 1 rings (SSSR count). The Hall–Kier alpha value is -0.0500. The Morgan fingerprint density at radius 2 is 2.80 bits per heavy atom. The van der Waals surface area contributed by atoms with Crippen LogP contribution in [0.5, 0.6) is 0 Å². The van der Waals surface area contributed by atoms with Crippen LogP contribution in [0.2, 0.25) is 0 Å². The third-order valence-corrected chi connectivity index (χ3v) is 0.754. The molecule has 0 aliphatic carbocycles. The maximum absolute atomic E-state index is 3.51. The summed E-state index contributed by atoms with van der Waals surface area (Å²) in [6.45, 7) is 2.64. The fraction of sp³-hybridized carbons (Fsp3) is 0.500. The molecule has 0 N–H and O–H groups in total. The molecule has 5 heavy (non-hydrogen) atoms. The van der Waals surface area contributed by atoms with Crippen LogP contribution in [0.3, 0.4) is 0 Å². The van der Waals surface area contributed by atoms with Crippen LogP contribution in [-0.2, 0) is 0 Å². The fourth-order valence-electron chi connectivity index (χ4n) is 0.144. The van der Waals surface area contributed by atoms with E-state index < -0.39 is 0 Å². The molecule has 0 atom stereocenters. The van der Waals surface area contributed by atoms with Crippen molar-refractivity contribution in [3.63, 3.8) is 0 Å². The van der Waals surface area contributed by atoms with Gasteiger partial charge in [0.15, 0.2) is 6.54 Å². The molecule has 3 heteroatoms. The van der Waals surface area contributed by atoms with Gasteiger partial charge in [-0.05, 0) is 11.9 Å². The predicted molar refractivity (Wildman–Crippen MR) is 20.6 cm³/mol. The quantitative estimate of drug-likeness (QED) is 0.406. The van der Waals surface area contributed by atoms with E-state index in [4.69, 9.17) is 0 Å². The summed E-state index contributed by atoms with van der Waals surface area (Å²) < 4.78 is 3.51. The van der Waals surface area contributed by atoms with Crippen LogP contribution >= 0.6 is 11.9 Å². The fourth-order valence-corrected chi connectivity index (χ4v) is 0.433. The predicted octanol–water partition coefficient (Wildman–Crippen LogP) is 1.14. The van der Waals surface area contributed by atoms with Crippen LogP contribution in [0.15, 0.2) is 9.63 Å². The second-order valence-electron chi connectivity index (χ2n) is 0.613. The lowest BCUT2D eigenvalue weighted by Crippen LogP contribution is -1.58. The van der Waals surface area contributed by atoms with Crippen molar-refractivity contribution in [3.8, 4) is 0 Å². The molecule has 0 saturated carbocycles. The zero-order chi connectivity index (χ0) is 3.54. The third-order valence-electron chi connectivity index (χ3n) is 0.298. The highest BCUT2D eigenvalue weighted by Crippen LogP contribution is 2.11. The van der Waals surface area contributed by atoms with Gasteiger partial charge in [-0.3, -0.25) is 0 Å². The van der Waals surface area contributed by atoms with Gasteiger partial charge in [-0.15, -0.1) is 4.52 Å². The van der Waals surface area contributed by atoms with E-state index >= 15 is 0 Å². The Balaban J connectivity index is 2.32. The van der Waals surface area contributed by atoms with Gasteiger partial charge >= 0.3 is 0 Å². The summed E-state index contributed by atoms with van der Waals surface area (Å²) in [5.74, 6) is 0.833. The van der Waals surface area contributed by atoms with Crippen molar-refractivity contribution in [1.29, 1.82) is 0 Å². The Bertz CT molecular complexity index is 45.6. The Labute approximate surface area is 34.8 Å². The molecule has 0 spiro atoms. The van der Waals surface area contributed by atoms with Crippen molar-refractivity contribution >= 4 is 11.9 Å². The topological polar surface area (TPSA) is 24.7 Å². The van der Waals surface area contributed by atoms with Crippen molar-refractivity contribution < 1.29 is 0 Å². The molecule has 0 saturated heterocycles. The third kappa shape index (κ3) is 0.613. The lowest BCUT2D eigenvalue weighted by Gasteiger charge is -1.60. The second-order valence-corrected chi connectivity index (χ2v) is 1.32. The van der Waals surface area contributed by atoms with Gasteiger partial charge in [0, 0.05) is 5.75 Å². The average Bonchev–Trinajstić information content (AvgIpc) is 1.76. The van der Waals surface area contributed by atoms with Gasteiger partial charge in [-0.25, -0.2) is 0 Å². The summed E-state index contributed by atoms with van der Waals surface area (Å²) in [7, 11) is 0. The molecule has 26 valence electrons. The normalized spacial score (nSPS) is 20.8. The maximum atomic E-state index is 3.51. The van der Waals surface area contributed by atoms with Crippen molar-refractivity contribution in [3.05, 3.63) is 6.54 Å². The van der Waals surface area contributed by atoms with E-state index in [0.29, 0.717) is 0 Å². The van der Waals surface area contributed by atoms with Gasteiger partial charge in [0.05, 0.1) is 0 Å². The minimum absolute atomic E-state index is 0.833. The minimum Gasteiger partial charge on any atom is -0.169 e. The van der Waals surface area contributed by atoms with Crippen LogP contribution < -0.4 is 0 Å². The zero-order valence-electron chi connectivity index (χ0n) is 2.51. The highest BCUT2D eigenvalue weighted by atomic mass is 32.2. The van der Waals surface area contributed by atoms with Gasteiger partial charge in [0.25, 0.3) is 0 Å². The molecule has 1 heterocycles. The molecule has 1 aliphatic rings. The molecule has 2 radical (unpaired) electrons. The molecule has 0 fully saturated rings. The molecule has 0 unspecified atom stereocenters. The zero-order valence-corrected chi connectivity index (χ0v) is 3.33. The summed E-state index contributed by atoms with van der Waals surface area (Å²) in [6, 6.07) is 0. The van der Waals surface area contributed by atoms with Gasteiger partial charge in [0.2, 0.25) is 0 Å². The van der Waals surface area contributed by atoms with E-state index in [-0.39, 0.29) is 0 Å². The molecule has 1 aliphatic heterocycles. The average molecular weight is 86.1 g/mol. The number of nitrogens with zero attached hydrogens (tertiary/aromatic N) is 2. The summed E-state index contributed by atoms with van der Waals surface area (Å²) in [5, 5.41) is 3.42. The monoisotopic (exact) mass is 86.0 g/mol. The lowest BCUT2D eigenvalue weighted by atomic mass is 10.8. The van der Waals surface area contributed by atoms with E-state index in [1.807, 2.05) is 0 Å². The van der Waals surface area contributed by atoms with Crippen molar-refractivity contribution in [2.75, 3.05) is 5.75 Å². The number of hydrogen-bond acceptors (Lipinski definition) is 3. The van der Waals surface area contributed by atoms with Gasteiger partial charge in [0.1, 0.15) is 0 Å². The van der Waals surface area contributed by atoms with Crippen molar-refractivity contribution in [2.24, 2.45) is 9.63 Å². The molecule has 0 aromatic heterocycles. The van der Waals surface area contributed by atoms with Crippen LogP contribution in [-0.4, -0.2) is 5.75 Å². The smallest absolute Gasteiger partial charge is 0.154 e. The summed E-state index contributed by atoms with van der Waals surface area (Å²) in [6.07, 6.45) is 0. The first-order valence-corrected chi connectivity index (χ1v) is 2.19. The maximum Gasteiger partial charge on any atom is 0.154 e. The van der Waals surface area contributed by atoms with Crippen LogP contribution in [0.1, 0.15) is 0 Å². The highest BCUT2D eigenvalue weighted by molar-refractivity contribution is 7.98. The molecule has 0 bridgehead atoms. The second kappa shape index (κ2) is 1.40. The van der Waals surface area contributed by atoms with Crippen LogP contribution in [0.25, 0.3) is 0 Å². The Morgan fingerprint density at radius 1 is 1.80 bits per heavy atom. The standard InChI is InChI=1S/C2H2N2S/c1-2-5-4-3-1/h2H2. The van der Waals surface area contributed by atoms with Crippen molar-refractivity contribution in [2.45, 2.75) is 0 Å². The summed E-state index contributed by atoms with van der Waals surface area (Å²) in [4.78, 5) is 0. The van der Waals surface area contributed by atoms with E-state index in [9.17, 15) is 0 Å². The SMILES string of the molecule is [C]1CSN=N1. The number of rotatable bonds is 0.